The summed E-state index contributed by atoms with van der Waals surface area (Å²) in [5.74, 6) is 0.885. The van der Waals surface area contributed by atoms with Crippen molar-refractivity contribution < 1.29 is 4.79 Å². The van der Waals surface area contributed by atoms with E-state index < -0.39 is 0 Å². The molecular formula is C12H14N2O. The standard InChI is InChI=1S/C12H14N2O/c1-8-5-4-6-11-10(7-8)13-12(9(2)15)14(11)3/h4-8H,1-3H3. The number of Topliss-reactive ketones (excluding diaryl/α,β-unsaturated/α-hetero) is 1. The van der Waals surface area contributed by atoms with Crippen LogP contribution in [-0.2, 0) is 7.05 Å². The summed E-state index contributed by atoms with van der Waals surface area (Å²) in [5, 5.41) is 1.90. The van der Waals surface area contributed by atoms with Gasteiger partial charge in [0, 0.05) is 14.0 Å². The Hall–Kier alpha value is -1.64. The SMILES string of the molecule is CC(=O)c1nc2c(n1C)=CC=CC(C)C=2. The predicted molar refractivity (Wildman–Crippen MR) is 59.7 cm³/mol. The molecule has 78 valence electrons. The molecule has 0 radical (unpaired) electrons. The van der Waals surface area contributed by atoms with Crippen molar-refractivity contribution in [1.29, 1.82) is 0 Å². The van der Waals surface area contributed by atoms with Crippen LogP contribution < -0.4 is 10.7 Å². The van der Waals surface area contributed by atoms with E-state index in [4.69, 9.17) is 0 Å². The summed E-state index contributed by atoms with van der Waals surface area (Å²) < 4.78 is 1.84. The third-order valence-corrected chi connectivity index (χ3v) is 2.57. The quantitative estimate of drug-likeness (QED) is 0.617. The van der Waals surface area contributed by atoms with Gasteiger partial charge in [-0.05, 0) is 18.1 Å². The highest BCUT2D eigenvalue weighted by Gasteiger charge is 2.09. The second-order valence-electron chi connectivity index (χ2n) is 3.90. The molecule has 0 aliphatic heterocycles. The topological polar surface area (TPSA) is 34.9 Å². The van der Waals surface area contributed by atoms with Gasteiger partial charge >= 0.3 is 0 Å². The summed E-state index contributed by atoms with van der Waals surface area (Å²) in [6.07, 6.45) is 8.18. The molecule has 0 amide bonds. The minimum atomic E-state index is 0.00371. The Morgan fingerprint density at radius 1 is 1.53 bits per heavy atom. The Kier molecular flexibility index (Phi) is 2.31. The van der Waals surface area contributed by atoms with Crippen molar-refractivity contribution in [3.8, 4) is 0 Å². The van der Waals surface area contributed by atoms with Crippen molar-refractivity contribution in [2.24, 2.45) is 13.0 Å². The molecule has 0 saturated carbocycles. The Morgan fingerprint density at radius 3 is 2.93 bits per heavy atom. The first kappa shape index (κ1) is 9.90. The van der Waals surface area contributed by atoms with E-state index in [2.05, 4.69) is 24.1 Å². The summed E-state index contributed by atoms with van der Waals surface area (Å²) in [4.78, 5) is 15.7. The van der Waals surface area contributed by atoms with Crippen molar-refractivity contribution in [3.05, 3.63) is 28.7 Å². The average Bonchev–Trinajstić information content (AvgIpc) is 2.37. The molecule has 0 aromatic carbocycles. The van der Waals surface area contributed by atoms with Crippen molar-refractivity contribution in [2.75, 3.05) is 0 Å². The highest BCUT2D eigenvalue weighted by atomic mass is 16.1. The second-order valence-corrected chi connectivity index (χ2v) is 3.90. The maximum atomic E-state index is 11.3. The van der Waals surface area contributed by atoms with Gasteiger partial charge in [0.05, 0.1) is 10.7 Å². The van der Waals surface area contributed by atoms with Crippen LogP contribution in [0.3, 0.4) is 0 Å². The number of nitrogens with zero attached hydrogens (tertiary/aromatic N) is 2. The Morgan fingerprint density at radius 2 is 2.27 bits per heavy atom. The third-order valence-electron chi connectivity index (χ3n) is 2.57. The van der Waals surface area contributed by atoms with Crippen LogP contribution in [0, 0.1) is 5.92 Å². The summed E-state index contributed by atoms with van der Waals surface area (Å²) in [7, 11) is 1.87. The molecule has 3 nitrogen and oxygen atoms in total. The van der Waals surface area contributed by atoms with E-state index >= 15 is 0 Å². The lowest BCUT2D eigenvalue weighted by Crippen LogP contribution is -2.28. The van der Waals surface area contributed by atoms with Crippen LogP contribution in [-0.4, -0.2) is 15.3 Å². The van der Waals surface area contributed by atoms with E-state index in [9.17, 15) is 4.79 Å². The van der Waals surface area contributed by atoms with Crippen LogP contribution in [0.5, 0.6) is 0 Å². The van der Waals surface area contributed by atoms with Gasteiger partial charge in [-0.1, -0.05) is 19.1 Å². The van der Waals surface area contributed by atoms with Gasteiger partial charge in [0.2, 0.25) is 0 Å². The normalized spacial score (nSPS) is 18.7. The smallest absolute Gasteiger partial charge is 0.195 e. The zero-order valence-corrected chi connectivity index (χ0v) is 9.19. The Bertz CT molecular complexity index is 549. The van der Waals surface area contributed by atoms with Crippen LogP contribution in [0.2, 0.25) is 0 Å². The molecule has 1 unspecified atom stereocenters. The number of carbonyl (C=O) groups excluding carboxylic acids is 1. The molecule has 2 rings (SSSR count). The number of imidazole rings is 1. The summed E-state index contributed by atoms with van der Waals surface area (Å²) in [6, 6.07) is 0. The number of hydrogen-bond donors (Lipinski definition) is 0. The lowest BCUT2D eigenvalue weighted by atomic mass is 10.2. The molecular weight excluding hydrogens is 188 g/mol. The molecule has 1 heterocycles. The second kappa shape index (κ2) is 3.50. The average molecular weight is 202 g/mol. The van der Waals surface area contributed by atoms with Gasteiger partial charge in [-0.3, -0.25) is 4.79 Å². The van der Waals surface area contributed by atoms with Gasteiger partial charge in [-0.15, -0.1) is 0 Å². The number of allylic oxidation sites excluding steroid dienone is 2. The first-order valence-electron chi connectivity index (χ1n) is 5.03. The first-order chi connectivity index (χ1) is 7.09. The van der Waals surface area contributed by atoms with Gasteiger partial charge in [0.25, 0.3) is 0 Å². The van der Waals surface area contributed by atoms with E-state index in [1.807, 2.05) is 23.8 Å². The number of fused-ring (bicyclic) bond motifs is 1. The lowest BCUT2D eigenvalue weighted by Gasteiger charge is -1.94. The van der Waals surface area contributed by atoms with Crippen molar-refractivity contribution in [2.45, 2.75) is 13.8 Å². The molecule has 3 heteroatoms. The first-order valence-corrected chi connectivity index (χ1v) is 5.03. The van der Waals surface area contributed by atoms with Crippen LogP contribution in [0.25, 0.3) is 12.2 Å². The fourth-order valence-electron chi connectivity index (χ4n) is 1.79. The van der Waals surface area contributed by atoms with E-state index in [0.29, 0.717) is 11.7 Å². The van der Waals surface area contributed by atoms with Crippen LogP contribution in [0.15, 0.2) is 12.2 Å². The zero-order chi connectivity index (χ0) is 11.0. The third kappa shape index (κ3) is 1.65. The summed E-state index contributed by atoms with van der Waals surface area (Å²) >= 11 is 0. The summed E-state index contributed by atoms with van der Waals surface area (Å²) in [5.41, 5.74) is 0. The Labute approximate surface area is 88.4 Å². The van der Waals surface area contributed by atoms with Gasteiger partial charge in [-0.2, -0.15) is 0 Å². The Balaban J connectivity index is 2.79. The molecule has 0 saturated heterocycles. The fraction of sp³-hybridized carbons (Fsp3) is 0.333. The molecule has 15 heavy (non-hydrogen) atoms. The van der Waals surface area contributed by atoms with Crippen molar-refractivity contribution >= 4 is 17.9 Å². The van der Waals surface area contributed by atoms with E-state index in [1.165, 1.54) is 0 Å². The molecule has 1 aliphatic carbocycles. The number of carbonyl (C=O) groups is 1. The maximum absolute atomic E-state index is 11.3. The van der Waals surface area contributed by atoms with Crippen LogP contribution in [0.4, 0.5) is 0 Å². The van der Waals surface area contributed by atoms with Crippen molar-refractivity contribution in [1.82, 2.24) is 9.55 Å². The molecule has 1 aromatic rings. The van der Waals surface area contributed by atoms with Gasteiger partial charge in [0.15, 0.2) is 11.6 Å². The minimum Gasteiger partial charge on any atom is -0.325 e. The van der Waals surface area contributed by atoms with Gasteiger partial charge < -0.3 is 4.57 Å². The molecule has 1 aromatic heterocycles. The number of rotatable bonds is 1. The predicted octanol–water partition coefficient (Wildman–Crippen LogP) is 0.390. The van der Waals surface area contributed by atoms with Crippen LogP contribution in [0.1, 0.15) is 24.5 Å². The lowest BCUT2D eigenvalue weighted by molar-refractivity contribution is 0.100. The molecule has 0 bridgehead atoms. The zero-order valence-electron chi connectivity index (χ0n) is 9.19. The molecule has 0 spiro atoms. The van der Waals surface area contributed by atoms with Gasteiger partial charge in [0.1, 0.15) is 0 Å². The van der Waals surface area contributed by atoms with E-state index in [1.54, 1.807) is 6.92 Å². The largest absolute Gasteiger partial charge is 0.325 e. The minimum absolute atomic E-state index is 0.00371. The summed E-state index contributed by atoms with van der Waals surface area (Å²) in [6.45, 7) is 3.64. The van der Waals surface area contributed by atoms with Crippen molar-refractivity contribution in [3.63, 3.8) is 0 Å². The van der Waals surface area contributed by atoms with E-state index in [0.717, 1.165) is 10.7 Å². The number of hydrogen-bond acceptors (Lipinski definition) is 2. The van der Waals surface area contributed by atoms with Gasteiger partial charge in [-0.25, -0.2) is 4.98 Å². The fourth-order valence-corrected chi connectivity index (χ4v) is 1.79. The number of aromatic nitrogens is 2. The van der Waals surface area contributed by atoms with Crippen LogP contribution >= 0.6 is 0 Å². The maximum Gasteiger partial charge on any atom is 0.195 e. The van der Waals surface area contributed by atoms with E-state index in [-0.39, 0.29) is 5.78 Å². The monoisotopic (exact) mass is 202 g/mol. The molecule has 1 atom stereocenters. The highest BCUT2D eigenvalue weighted by molar-refractivity contribution is 5.90. The molecule has 0 fully saturated rings. The molecule has 0 N–H and O–H groups in total. The molecule has 1 aliphatic rings. The number of ketones is 1. The highest BCUT2D eigenvalue weighted by Crippen LogP contribution is 2.00.